The first-order valence-electron chi connectivity index (χ1n) is 9.75. The number of para-hydroxylation sites is 1. The van der Waals surface area contributed by atoms with E-state index in [4.69, 9.17) is 9.47 Å². The molecule has 0 fully saturated rings. The highest BCUT2D eigenvalue weighted by Crippen LogP contribution is 2.33. The van der Waals surface area contributed by atoms with Crippen molar-refractivity contribution in [3.63, 3.8) is 0 Å². The van der Waals surface area contributed by atoms with Gasteiger partial charge in [0.05, 0.1) is 24.8 Å². The minimum Gasteiger partial charge on any atom is -0.494 e. The second kappa shape index (κ2) is 10.6. The molecule has 2 rings (SSSR count). The van der Waals surface area contributed by atoms with Gasteiger partial charge in [0.15, 0.2) is 0 Å². The number of unbranched alkanes of at least 4 members (excludes halogenated alkanes) is 4. The van der Waals surface area contributed by atoms with Crippen LogP contribution in [0.15, 0.2) is 35.5 Å². The molecule has 27 heavy (non-hydrogen) atoms. The van der Waals surface area contributed by atoms with E-state index in [1.165, 1.54) is 12.8 Å². The van der Waals surface area contributed by atoms with Gasteiger partial charge in [-0.3, -0.25) is 0 Å². The Hall–Kier alpha value is -2.50. The molecule has 1 aromatic rings. The molecule has 148 valence electrons. The zero-order valence-corrected chi connectivity index (χ0v) is 16.5. The van der Waals surface area contributed by atoms with E-state index >= 15 is 0 Å². The first kappa shape index (κ1) is 20.8. The maximum atomic E-state index is 12.7. The van der Waals surface area contributed by atoms with Crippen LogP contribution in [-0.2, 0) is 9.53 Å². The Labute approximate surface area is 161 Å². The number of urea groups is 1. The summed E-state index contributed by atoms with van der Waals surface area (Å²) in [7, 11) is 0. The number of nitrogens with one attached hydrogen (secondary N) is 2. The lowest BCUT2D eigenvalue weighted by molar-refractivity contribution is -0.139. The number of hydrogen-bond acceptors (Lipinski definition) is 4. The number of benzene rings is 1. The highest BCUT2D eigenvalue weighted by molar-refractivity contribution is 5.95. The highest BCUT2D eigenvalue weighted by atomic mass is 16.5. The van der Waals surface area contributed by atoms with E-state index in [1.807, 2.05) is 31.2 Å². The summed E-state index contributed by atoms with van der Waals surface area (Å²) in [6.45, 7) is 6.66. The van der Waals surface area contributed by atoms with E-state index in [9.17, 15) is 9.59 Å². The third kappa shape index (κ3) is 5.74. The Kier molecular flexibility index (Phi) is 8.17. The third-order valence-electron chi connectivity index (χ3n) is 4.50. The van der Waals surface area contributed by atoms with E-state index in [0.717, 1.165) is 24.8 Å². The molecule has 1 aromatic carbocycles. The molecule has 0 aromatic heterocycles. The van der Waals surface area contributed by atoms with Crippen molar-refractivity contribution in [3.05, 3.63) is 41.1 Å². The number of hydrogen-bond donors (Lipinski definition) is 2. The van der Waals surface area contributed by atoms with Crippen molar-refractivity contribution in [2.75, 3.05) is 13.2 Å². The summed E-state index contributed by atoms with van der Waals surface area (Å²) in [6, 6.07) is 6.46. The summed E-state index contributed by atoms with van der Waals surface area (Å²) < 4.78 is 11.2. The molecular weight excluding hydrogens is 344 g/mol. The molecule has 0 bridgehead atoms. The molecule has 0 saturated carbocycles. The van der Waals surface area contributed by atoms with Crippen LogP contribution >= 0.6 is 0 Å². The van der Waals surface area contributed by atoms with Crippen LogP contribution in [0.25, 0.3) is 0 Å². The number of carbonyl (C=O) groups excluding carboxylic acids is 2. The fourth-order valence-corrected chi connectivity index (χ4v) is 3.15. The Balaban J connectivity index is 2.15. The third-order valence-corrected chi connectivity index (χ3v) is 4.50. The summed E-state index contributed by atoms with van der Waals surface area (Å²) in [5.41, 5.74) is 1.66. The van der Waals surface area contributed by atoms with Crippen LogP contribution < -0.4 is 15.4 Å². The molecule has 2 amide bonds. The van der Waals surface area contributed by atoms with Crippen molar-refractivity contribution in [2.45, 2.75) is 58.9 Å². The highest BCUT2D eigenvalue weighted by Gasteiger charge is 2.33. The summed E-state index contributed by atoms with van der Waals surface area (Å²) in [4.78, 5) is 24.8. The standard InChI is InChI=1S/C21H30N2O4/c1-4-6-7-8-11-14-27-20(24)18-15(3)22-21(25)23-19(18)16-12-9-10-13-17(16)26-5-2/h9-10,12-13,19H,4-8,11,14H2,1-3H3,(H2,22,23,25)/t19-/m0/s1. The lowest BCUT2D eigenvalue weighted by atomic mass is 9.95. The van der Waals surface area contributed by atoms with Crippen LogP contribution in [0.5, 0.6) is 5.75 Å². The van der Waals surface area contributed by atoms with Crippen LogP contribution in [0.1, 0.15) is 64.5 Å². The van der Waals surface area contributed by atoms with Crippen LogP contribution in [0.3, 0.4) is 0 Å². The van der Waals surface area contributed by atoms with Crippen LogP contribution in [0.2, 0.25) is 0 Å². The molecule has 1 aliphatic rings. The zero-order valence-electron chi connectivity index (χ0n) is 16.5. The Morgan fingerprint density at radius 2 is 1.85 bits per heavy atom. The molecule has 2 N–H and O–H groups in total. The second-order valence-electron chi connectivity index (χ2n) is 6.59. The molecule has 0 unspecified atom stereocenters. The van der Waals surface area contributed by atoms with Crippen molar-refractivity contribution in [2.24, 2.45) is 0 Å². The van der Waals surface area contributed by atoms with Crippen molar-refractivity contribution >= 4 is 12.0 Å². The first-order valence-corrected chi connectivity index (χ1v) is 9.75. The fourth-order valence-electron chi connectivity index (χ4n) is 3.15. The largest absolute Gasteiger partial charge is 0.494 e. The quantitative estimate of drug-likeness (QED) is 0.475. The molecule has 1 heterocycles. The number of amides is 2. The predicted molar refractivity (Wildman–Crippen MR) is 104 cm³/mol. The smallest absolute Gasteiger partial charge is 0.338 e. The maximum Gasteiger partial charge on any atom is 0.338 e. The molecule has 6 heteroatoms. The Bertz CT molecular complexity index is 685. The SMILES string of the molecule is CCCCCCCOC(=O)C1=C(C)NC(=O)N[C@H]1c1ccccc1OCC. The van der Waals surface area contributed by atoms with E-state index in [2.05, 4.69) is 17.6 Å². The van der Waals surface area contributed by atoms with Gasteiger partial charge in [0, 0.05) is 11.3 Å². The second-order valence-corrected chi connectivity index (χ2v) is 6.59. The van der Waals surface area contributed by atoms with Crippen molar-refractivity contribution in [1.29, 1.82) is 0 Å². The van der Waals surface area contributed by atoms with Gasteiger partial charge < -0.3 is 20.1 Å². The predicted octanol–water partition coefficient (Wildman–Crippen LogP) is 4.23. The van der Waals surface area contributed by atoms with E-state index in [-0.39, 0.29) is 6.03 Å². The van der Waals surface area contributed by atoms with Crippen LogP contribution in [0.4, 0.5) is 4.79 Å². The van der Waals surface area contributed by atoms with Gasteiger partial charge in [-0.15, -0.1) is 0 Å². The molecule has 0 spiro atoms. The topological polar surface area (TPSA) is 76.7 Å². The number of rotatable bonds is 10. The zero-order chi connectivity index (χ0) is 19.6. The normalized spacial score (nSPS) is 16.6. The lowest BCUT2D eigenvalue weighted by Gasteiger charge is -2.29. The molecule has 1 atom stereocenters. The Morgan fingerprint density at radius 3 is 2.59 bits per heavy atom. The van der Waals surface area contributed by atoms with Gasteiger partial charge in [0.1, 0.15) is 5.75 Å². The van der Waals surface area contributed by atoms with Crippen molar-refractivity contribution in [3.8, 4) is 5.75 Å². The van der Waals surface area contributed by atoms with E-state index < -0.39 is 12.0 Å². The molecule has 0 aliphatic carbocycles. The van der Waals surface area contributed by atoms with Gasteiger partial charge >= 0.3 is 12.0 Å². The molecule has 1 aliphatic heterocycles. The number of carbonyl (C=O) groups is 2. The van der Waals surface area contributed by atoms with Gasteiger partial charge in [-0.2, -0.15) is 0 Å². The number of allylic oxidation sites excluding steroid dienone is 1. The molecule has 6 nitrogen and oxygen atoms in total. The van der Waals surface area contributed by atoms with Gasteiger partial charge in [-0.05, 0) is 26.3 Å². The first-order chi connectivity index (χ1) is 13.1. The van der Waals surface area contributed by atoms with Gasteiger partial charge in [-0.1, -0.05) is 50.8 Å². The van der Waals surface area contributed by atoms with Crippen molar-refractivity contribution in [1.82, 2.24) is 10.6 Å². The average molecular weight is 374 g/mol. The number of ether oxygens (including phenoxy) is 2. The van der Waals surface area contributed by atoms with Crippen LogP contribution in [0, 0.1) is 0 Å². The van der Waals surface area contributed by atoms with Gasteiger partial charge in [0.25, 0.3) is 0 Å². The van der Waals surface area contributed by atoms with Crippen molar-refractivity contribution < 1.29 is 19.1 Å². The summed E-state index contributed by atoms with van der Waals surface area (Å²) >= 11 is 0. The summed E-state index contributed by atoms with van der Waals surface area (Å²) in [5.74, 6) is 0.233. The molecule has 0 saturated heterocycles. The van der Waals surface area contributed by atoms with Gasteiger partial charge in [0.2, 0.25) is 0 Å². The van der Waals surface area contributed by atoms with Gasteiger partial charge in [-0.25, -0.2) is 9.59 Å². The summed E-state index contributed by atoms with van der Waals surface area (Å²) in [6.07, 6.45) is 5.42. The Morgan fingerprint density at radius 1 is 1.11 bits per heavy atom. The minimum absolute atomic E-state index is 0.347. The molecule has 0 radical (unpaired) electrons. The fraction of sp³-hybridized carbons (Fsp3) is 0.524. The van der Waals surface area contributed by atoms with E-state index in [0.29, 0.717) is 30.2 Å². The lowest BCUT2D eigenvalue weighted by Crippen LogP contribution is -2.45. The maximum absolute atomic E-state index is 12.7. The van der Waals surface area contributed by atoms with Crippen LogP contribution in [-0.4, -0.2) is 25.2 Å². The minimum atomic E-state index is -0.603. The van der Waals surface area contributed by atoms with E-state index in [1.54, 1.807) is 6.92 Å². The average Bonchev–Trinajstić information content (AvgIpc) is 2.64. The molecular formula is C21H30N2O4. The monoisotopic (exact) mass is 374 g/mol. The number of esters is 1. The summed E-state index contributed by atoms with van der Waals surface area (Å²) in [5, 5.41) is 5.49.